The van der Waals surface area contributed by atoms with E-state index < -0.39 is 17.9 Å². The molecule has 1 aromatic heterocycles. The van der Waals surface area contributed by atoms with Gasteiger partial charge in [-0.25, -0.2) is 4.79 Å². The van der Waals surface area contributed by atoms with Gasteiger partial charge in [-0.15, -0.1) is 11.3 Å². The van der Waals surface area contributed by atoms with Crippen molar-refractivity contribution >= 4 is 23.3 Å². The second-order valence-electron chi connectivity index (χ2n) is 4.47. The van der Waals surface area contributed by atoms with Crippen LogP contribution in [0, 0.1) is 12.8 Å². The fraction of sp³-hybridized carbons (Fsp3) is 0.500. The number of carboxylic acid groups (broad SMARTS) is 2. The van der Waals surface area contributed by atoms with E-state index in [0.717, 1.165) is 22.7 Å². The summed E-state index contributed by atoms with van der Waals surface area (Å²) < 4.78 is 0. The largest absolute Gasteiger partial charge is 0.481 e. The molecule has 0 saturated carbocycles. The summed E-state index contributed by atoms with van der Waals surface area (Å²) in [4.78, 5) is 23.8. The molecular formula is C12H15NO4S. The molecule has 0 spiro atoms. The fourth-order valence-electron chi connectivity index (χ4n) is 2.36. The van der Waals surface area contributed by atoms with Crippen LogP contribution < -0.4 is 5.32 Å². The predicted octanol–water partition coefficient (Wildman–Crippen LogP) is 1.53. The van der Waals surface area contributed by atoms with E-state index in [2.05, 4.69) is 5.32 Å². The van der Waals surface area contributed by atoms with Crippen LogP contribution in [0.1, 0.15) is 32.5 Å². The van der Waals surface area contributed by atoms with Crippen LogP contribution in [0.4, 0.5) is 0 Å². The highest BCUT2D eigenvalue weighted by Gasteiger charge is 2.33. The van der Waals surface area contributed by atoms with Gasteiger partial charge in [-0.05, 0) is 26.0 Å². The number of aromatic carboxylic acids is 1. The monoisotopic (exact) mass is 269 g/mol. The van der Waals surface area contributed by atoms with E-state index in [-0.39, 0.29) is 11.5 Å². The number of carboxylic acids is 2. The minimum Gasteiger partial charge on any atom is -0.481 e. The first kappa shape index (κ1) is 13.0. The van der Waals surface area contributed by atoms with Crippen LogP contribution >= 0.6 is 11.3 Å². The molecule has 0 amide bonds. The first-order valence-corrected chi connectivity index (χ1v) is 6.59. The van der Waals surface area contributed by atoms with Crippen molar-refractivity contribution in [1.82, 2.24) is 5.32 Å². The average molecular weight is 269 g/mol. The zero-order valence-corrected chi connectivity index (χ0v) is 10.8. The number of hydrogen-bond acceptors (Lipinski definition) is 4. The van der Waals surface area contributed by atoms with Gasteiger partial charge in [0, 0.05) is 22.2 Å². The molecule has 3 N–H and O–H groups in total. The molecule has 98 valence electrons. The minimum atomic E-state index is -0.948. The lowest BCUT2D eigenvalue weighted by Crippen LogP contribution is -2.39. The Hall–Kier alpha value is -1.40. The molecule has 0 radical (unpaired) electrons. The van der Waals surface area contributed by atoms with Gasteiger partial charge in [0.1, 0.15) is 0 Å². The molecule has 0 aliphatic carbocycles. The standard InChI is InChI=1S/C12H15NO4S/c1-6-8(11(14)15)4-10(18-6)7-2-3-13-5-9(7)12(16)17/h4,7,9,13H,2-3,5H2,1H3,(H,14,15)(H,16,17). The molecule has 2 atom stereocenters. The molecule has 5 nitrogen and oxygen atoms in total. The molecule has 1 aliphatic rings. The smallest absolute Gasteiger partial charge is 0.336 e. The Labute approximate surface area is 108 Å². The number of hydrogen-bond donors (Lipinski definition) is 3. The van der Waals surface area contributed by atoms with Gasteiger partial charge in [0.25, 0.3) is 0 Å². The van der Waals surface area contributed by atoms with Crippen LogP contribution in [0.5, 0.6) is 0 Å². The Morgan fingerprint density at radius 3 is 2.72 bits per heavy atom. The maximum atomic E-state index is 11.2. The molecule has 1 saturated heterocycles. The van der Waals surface area contributed by atoms with E-state index in [1.807, 2.05) is 0 Å². The van der Waals surface area contributed by atoms with E-state index in [9.17, 15) is 14.7 Å². The van der Waals surface area contributed by atoms with Gasteiger partial charge < -0.3 is 15.5 Å². The Bertz CT molecular complexity index is 482. The molecule has 2 heterocycles. The summed E-state index contributed by atoms with van der Waals surface area (Å²) in [5.74, 6) is -2.33. The van der Waals surface area contributed by atoms with Crippen LogP contribution in [0.25, 0.3) is 0 Å². The number of aryl methyl sites for hydroxylation is 1. The van der Waals surface area contributed by atoms with Gasteiger partial charge in [-0.2, -0.15) is 0 Å². The third kappa shape index (κ3) is 2.39. The van der Waals surface area contributed by atoms with Gasteiger partial charge in [0.15, 0.2) is 0 Å². The van der Waals surface area contributed by atoms with Crippen molar-refractivity contribution in [2.24, 2.45) is 5.92 Å². The Morgan fingerprint density at radius 1 is 1.44 bits per heavy atom. The number of rotatable bonds is 3. The zero-order chi connectivity index (χ0) is 13.3. The van der Waals surface area contributed by atoms with Crippen LogP contribution in [0.2, 0.25) is 0 Å². The molecule has 1 aromatic rings. The lowest BCUT2D eigenvalue weighted by Gasteiger charge is -2.28. The minimum absolute atomic E-state index is 0.0828. The van der Waals surface area contributed by atoms with Crippen molar-refractivity contribution < 1.29 is 19.8 Å². The number of carbonyl (C=O) groups is 2. The van der Waals surface area contributed by atoms with Crippen molar-refractivity contribution in [3.63, 3.8) is 0 Å². The maximum Gasteiger partial charge on any atom is 0.336 e. The van der Waals surface area contributed by atoms with Crippen molar-refractivity contribution in [1.29, 1.82) is 0 Å². The summed E-state index contributed by atoms with van der Waals surface area (Å²) in [6.07, 6.45) is 0.732. The highest BCUT2D eigenvalue weighted by molar-refractivity contribution is 7.12. The van der Waals surface area contributed by atoms with Crippen molar-refractivity contribution in [2.75, 3.05) is 13.1 Å². The molecular weight excluding hydrogens is 254 g/mol. The first-order chi connectivity index (χ1) is 8.50. The molecule has 6 heteroatoms. The lowest BCUT2D eigenvalue weighted by molar-refractivity contribution is -0.142. The molecule has 1 fully saturated rings. The number of thiophene rings is 1. The van der Waals surface area contributed by atoms with E-state index in [0.29, 0.717) is 6.54 Å². The van der Waals surface area contributed by atoms with Crippen molar-refractivity contribution in [3.8, 4) is 0 Å². The van der Waals surface area contributed by atoms with Crippen LogP contribution in [-0.4, -0.2) is 35.2 Å². The van der Waals surface area contributed by atoms with Crippen LogP contribution in [0.3, 0.4) is 0 Å². The average Bonchev–Trinajstić information content (AvgIpc) is 2.71. The highest BCUT2D eigenvalue weighted by Crippen LogP contribution is 2.36. The second-order valence-corrected chi connectivity index (χ2v) is 5.76. The van der Waals surface area contributed by atoms with Crippen molar-refractivity contribution in [2.45, 2.75) is 19.3 Å². The topological polar surface area (TPSA) is 86.6 Å². The first-order valence-electron chi connectivity index (χ1n) is 5.78. The van der Waals surface area contributed by atoms with Crippen LogP contribution in [0.15, 0.2) is 6.07 Å². The Morgan fingerprint density at radius 2 is 2.17 bits per heavy atom. The van der Waals surface area contributed by atoms with E-state index in [1.54, 1.807) is 13.0 Å². The molecule has 18 heavy (non-hydrogen) atoms. The summed E-state index contributed by atoms with van der Waals surface area (Å²) >= 11 is 1.40. The predicted molar refractivity (Wildman–Crippen MR) is 67.4 cm³/mol. The Balaban J connectivity index is 2.31. The van der Waals surface area contributed by atoms with E-state index in [4.69, 9.17) is 5.11 Å². The summed E-state index contributed by atoms with van der Waals surface area (Å²) in [6.45, 7) is 2.97. The summed E-state index contributed by atoms with van der Waals surface area (Å²) in [5.41, 5.74) is 0.290. The molecule has 0 aromatic carbocycles. The maximum absolute atomic E-state index is 11.2. The Kier molecular flexibility index (Phi) is 3.68. The van der Waals surface area contributed by atoms with Crippen molar-refractivity contribution in [3.05, 3.63) is 21.4 Å². The fourth-order valence-corrected chi connectivity index (χ4v) is 3.58. The third-order valence-electron chi connectivity index (χ3n) is 3.33. The van der Waals surface area contributed by atoms with Crippen LogP contribution in [-0.2, 0) is 4.79 Å². The molecule has 2 unspecified atom stereocenters. The molecule has 2 rings (SSSR count). The summed E-state index contributed by atoms with van der Waals surface area (Å²) in [6, 6.07) is 1.63. The summed E-state index contributed by atoms with van der Waals surface area (Å²) in [7, 11) is 0. The number of piperidine rings is 1. The van der Waals surface area contributed by atoms with E-state index >= 15 is 0 Å². The van der Waals surface area contributed by atoms with Gasteiger partial charge in [-0.3, -0.25) is 4.79 Å². The van der Waals surface area contributed by atoms with Gasteiger partial charge in [-0.1, -0.05) is 0 Å². The molecule has 0 bridgehead atoms. The quantitative estimate of drug-likeness (QED) is 0.774. The highest BCUT2D eigenvalue weighted by atomic mass is 32.1. The molecule has 1 aliphatic heterocycles. The lowest BCUT2D eigenvalue weighted by atomic mass is 9.85. The second kappa shape index (κ2) is 5.07. The number of aliphatic carboxylic acids is 1. The normalized spacial score (nSPS) is 23.8. The van der Waals surface area contributed by atoms with Gasteiger partial charge in [0.2, 0.25) is 0 Å². The SMILES string of the molecule is Cc1sc(C2CCNCC2C(=O)O)cc1C(=O)O. The van der Waals surface area contributed by atoms with E-state index in [1.165, 1.54) is 11.3 Å². The number of nitrogens with one attached hydrogen (secondary N) is 1. The van der Waals surface area contributed by atoms with Gasteiger partial charge >= 0.3 is 11.9 Å². The third-order valence-corrected chi connectivity index (χ3v) is 4.51. The summed E-state index contributed by atoms with van der Waals surface area (Å²) in [5, 5.41) is 21.3. The zero-order valence-electron chi connectivity index (χ0n) is 9.97. The van der Waals surface area contributed by atoms with Gasteiger partial charge in [0.05, 0.1) is 11.5 Å².